The molecule has 0 saturated carbocycles. The highest BCUT2D eigenvalue weighted by Gasteiger charge is 2.31. The van der Waals surface area contributed by atoms with Crippen molar-refractivity contribution in [2.24, 2.45) is 0 Å². The molecule has 0 spiro atoms. The molecule has 1 unspecified atom stereocenters. The molecule has 1 aromatic carbocycles. The number of rotatable bonds is 3. The van der Waals surface area contributed by atoms with E-state index in [0.29, 0.717) is 17.4 Å². The van der Waals surface area contributed by atoms with Gasteiger partial charge in [0.1, 0.15) is 0 Å². The molecule has 0 bridgehead atoms. The first kappa shape index (κ1) is 12.6. The highest BCUT2D eigenvalue weighted by atomic mass is 14.9. The van der Waals surface area contributed by atoms with E-state index >= 15 is 0 Å². The van der Waals surface area contributed by atoms with E-state index in [1.165, 1.54) is 12.8 Å². The van der Waals surface area contributed by atoms with Gasteiger partial charge in [-0.2, -0.15) is 0 Å². The summed E-state index contributed by atoms with van der Waals surface area (Å²) in [5.74, 6) is 0.696. The van der Waals surface area contributed by atoms with Gasteiger partial charge in [0.25, 0.3) is 0 Å². The summed E-state index contributed by atoms with van der Waals surface area (Å²) in [5, 5.41) is 3.58. The van der Waals surface area contributed by atoms with Crippen LogP contribution in [-0.4, -0.2) is 12.6 Å². The first-order valence-corrected chi connectivity index (χ1v) is 6.83. The van der Waals surface area contributed by atoms with Crippen LogP contribution in [0.2, 0.25) is 0 Å². The second kappa shape index (κ2) is 4.81. The SMILES string of the molecule is CC(C)NCC1CCC(C)(C)c2ccccc21. The van der Waals surface area contributed by atoms with Gasteiger partial charge in [-0.15, -0.1) is 0 Å². The second-order valence-electron chi connectivity index (χ2n) is 6.27. The second-order valence-corrected chi connectivity index (χ2v) is 6.27. The maximum atomic E-state index is 3.58. The predicted octanol–water partition coefficient (Wildman–Crippen LogP) is 3.84. The zero-order chi connectivity index (χ0) is 12.5. The third kappa shape index (κ3) is 2.71. The molecule has 0 fully saturated rings. The van der Waals surface area contributed by atoms with Crippen LogP contribution in [0.1, 0.15) is 57.6 Å². The van der Waals surface area contributed by atoms with Crippen molar-refractivity contribution in [1.29, 1.82) is 0 Å². The van der Waals surface area contributed by atoms with Crippen LogP contribution in [0.3, 0.4) is 0 Å². The number of hydrogen-bond donors (Lipinski definition) is 1. The minimum atomic E-state index is 0.352. The monoisotopic (exact) mass is 231 g/mol. The Morgan fingerprint density at radius 1 is 1.29 bits per heavy atom. The van der Waals surface area contributed by atoms with Gasteiger partial charge < -0.3 is 5.32 Å². The summed E-state index contributed by atoms with van der Waals surface area (Å²) in [5.41, 5.74) is 3.48. The Labute approximate surface area is 106 Å². The summed E-state index contributed by atoms with van der Waals surface area (Å²) in [6, 6.07) is 9.58. The highest BCUT2D eigenvalue weighted by Crippen LogP contribution is 2.42. The zero-order valence-corrected chi connectivity index (χ0v) is 11.6. The van der Waals surface area contributed by atoms with Gasteiger partial charge in [0.15, 0.2) is 0 Å². The van der Waals surface area contributed by atoms with E-state index < -0.39 is 0 Å². The van der Waals surface area contributed by atoms with Crippen molar-refractivity contribution in [3.8, 4) is 0 Å². The van der Waals surface area contributed by atoms with E-state index in [9.17, 15) is 0 Å². The van der Waals surface area contributed by atoms with E-state index in [0.717, 1.165) is 6.54 Å². The van der Waals surface area contributed by atoms with Crippen LogP contribution < -0.4 is 5.32 Å². The molecule has 1 atom stereocenters. The molecule has 1 nitrogen and oxygen atoms in total. The molecule has 2 rings (SSSR count). The smallest absolute Gasteiger partial charge is 0.00226 e. The minimum absolute atomic E-state index is 0.352. The van der Waals surface area contributed by atoms with Crippen molar-refractivity contribution in [3.63, 3.8) is 0 Å². The quantitative estimate of drug-likeness (QED) is 0.833. The van der Waals surface area contributed by atoms with Crippen LogP contribution in [0.5, 0.6) is 0 Å². The first-order chi connectivity index (χ1) is 8.00. The molecule has 0 saturated heterocycles. The van der Waals surface area contributed by atoms with Gasteiger partial charge >= 0.3 is 0 Å². The molecule has 1 aliphatic carbocycles. The standard InChI is InChI=1S/C16H25N/c1-12(2)17-11-13-9-10-16(3,4)15-8-6-5-7-14(13)15/h5-8,12-13,17H,9-11H2,1-4H3. The maximum Gasteiger partial charge on any atom is 0.00226 e. The molecular weight excluding hydrogens is 206 g/mol. The van der Waals surface area contributed by atoms with E-state index in [4.69, 9.17) is 0 Å². The van der Waals surface area contributed by atoms with Crippen LogP contribution in [0.15, 0.2) is 24.3 Å². The molecule has 17 heavy (non-hydrogen) atoms. The summed E-state index contributed by atoms with van der Waals surface area (Å²) >= 11 is 0. The Hall–Kier alpha value is -0.820. The van der Waals surface area contributed by atoms with Gasteiger partial charge in [0, 0.05) is 12.6 Å². The van der Waals surface area contributed by atoms with Crippen LogP contribution in [-0.2, 0) is 5.41 Å². The average molecular weight is 231 g/mol. The Morgan fingerprint density at radius 3 is 2.71 bits per heavy atom. The van der Waals surface area contributed by atoms with Crippen molar-refractivity contribution in [3.05, 3.63) is 35.4 Å². The Kier molecular flexibility index (Phi) is 3.58. The van der Waals surface area contributed by atoms with Gasteiger partial charge in [0.05, 0.1) is 0 Å². The van der Waals surface area contributed by atoms with Crippen LogP contribution in [0.4, 0.5) is 0 Å². The Bertz CT molecular complexity index is 379. The van der Waals surface area contributed by atoms with Crippen LogP contribution in [0.25, 0.3) is 0 Å². The summed E-state index contributed by atoms with van der Waals surface area (Å²) < 4.78 is 0. The topological polar surface area (TPSA) is 12.0 Å². The maximum absolute atomic E-state index is 3.58. The summed E-state index contributed by atoms with van der Waals surface area (Å²) in [4.78, 5) is 0. The zero-order valence-electron chi connectivity index (χ0n) is 11.6. The molecule has 0 amide bonds. The molecule has 1 aromatic rings. The number of nitrogens with one attached hydrogen (secondary N) is 1. The lowest BCUT2D eigenvalue weighted by atomic mass is 9.69. The van der Waals surface area contributed by atoms with Crippen molar-refractivity contribution < 1.29 is 0 Å². The van der Waals surface area contributed by atoms with E-state index in [-0.39, 0.29) is 0 Å². The number of fused-ring (bicyclic) bond motifs is 1. The third-order valence-electron chi connectivity index (χ3n) is 4.02. The van der Waals surface area contributed by atoms with Gasteiger partial charge in [-0.1, -0.05) is 52.0 Å². The summed E-state index contributed by atoms with van der Waals surface area (Å²) in [6.45, 7) is 10.3. The van der Waals surface area contributed by atoms with Crippen LogP contribution >= 0.6 is 0 Å². The molecule has 1 heteroatoms. The fourth-order valence-corrected chi connectivity index (χ4v) is 2.88. The van der Waals surface area contributed by atoms with Gasteiger partial charge in [-0.05, 0) is 35.3 Å². The highest BCUT2D eigenvalue weighted by molar-refractivity contribution is 5.38. The Balaban J connectivity index is 2.22. The van der Waals surface area contributed by atoms with Crippen molar-refractivity contribution in [2.75, 3.05) is 6.54 Å². The average Bonchev–Trinajstić information content (AvgIpc) is 2.28. The fourth-order valence-electron chi connectivity index (χ4n) is 2.88. The number of hydrogen-bond acceptors (Lipinski definition) is 1. The molecule has 0 radical (unpaired) electrons. The van der Waals surface area contributed by atoms with E-state index in [1.54, 1.807) is 11.1 Å². The van der Waals surface area contributed by atoms with E-state index in [1.807, 2.05) is 0 Å². The normalized spacial score (nSPS) is 22.5. The van der Waals surface area contributed by atoms with Crippen molar-refractivity contribution >= 4 is 0 Å². The predicted molar refractivity (Wildman–Crippen MR) is 74.6 cm³/mol. The Morgan fingerprint density at radius 2 is 2.00 bits per heavy atom. The molecule has 1 N–H and O–H groups in total. The van der Waals surface area contributed by atoms with Gasteiger partial charge in [-0.3, -0.25) is 0 Å². The molecule has 0 aromatic heterocycles. The lowest BCUT2D eigenvalue weighted by Crippen LogP contribution is -2.33. The molecule has 0 heterocycles. The molecule has 94 valence electrons. The largest absolute Gasteiger partial charge is 0.314 e. The van der Waals surface area contributed by atoms with Crippen molar-refractivity contribution in [1.82, 2.24) is 5.32 Å². The fraction of sp³-hybridized carbons (Fsp3) is 0.625. The molecular formula is C16H25N. The first-order valence-electron chi connectivity index (χ1n) is 6.83. The summed E-state index contributed by atoms with van der Waals surface area (Å²) in [6.07, 6.45) is 2.61. The lowest BCUT2D eigenvalue weighted by Gasteiger charge is -2.37. The summed E-state index contributed by atoms with van der Waals surface area (Å²) in [7, 11) is 0. The molecule has 0 aliphatic heterocycles. The molecule has 1 aliphatic rings. The lowest BCUT2D eigenvalue weighted by molar-refractivity contribution is 0.377. The minimum Gasteiger partial charge on any atom is -0.314 e. The third-order valence-corrected chi connectivity index (χ3v) is 4.02. The van der Waals surface area contributed by atoms with Crippen molar-refractivity contribution in [2.45, 2.75) is 57.9 Å². The van der Waals surface area contributed by atoms with E-state index in [2.05, 4.69) is 57.3 Å². The van der Waals surface area contributed by atoms with Crippen LogP contribution in [0, 0.1) is 0 Å². The van der Waals surface area contributed by atoms with Gasteiger partial charge in [0.2, 0.25) is 0 Å². The number of benzene rings is 1. The van der Waals surface area contributed by atoms with Gasteiger partial charge in [-0.25, -0.2) is 0 Å².